The van der Waals surface area contributed by atoms with E-state index in [4.69, 9.17) is 18.9 Å². The van der Waals surface area contributed by atoms with Crippen molar-refractivity contribution in [1.82, 2.24) is 0 Å². The lowest BCUT2D eigenvalue weighted by Crippen LogP contribution is -2.08. The molecule has 154 valence electrons. The maximum Gasteiger partial charge on any atom is 0.161 e. The number of carbonyl (C=O) groups excluding carboxylic acids is 1. The molecule has 0 bridgehead atoms. The van der Waals surface area contributed by atoms with Crippen LogP contribution >= 0.6 is 0 Å². The minimum absolute atomic E-state index is 0.0203. The molecule has 0 aliphatic carbocycles. The van der Waals surface area contributed by atoms with Gasteiger partial charge in [-0.05, 0) is 41.5 Å². The van der Waals surface area contributed by atoms with E-state index in [1.165, 1.54) is 6.08 Å². The maximum absolute atomic E-state index is 12.1. The van der Waals surface area contributed by atoms with Gasteiger partial charge in [-0.2, -0.15) is 0 Å². The number of methoxy groups -OCH3 is 4. The van der Waals surface area contributed by atoms with Crippen molar-refractivity contribution in [2.45, 2.75) is 12.5 Å². The zero-order valence-electron chi connectivity index (χ0n) is 17.0. The molecule has 6 heteroatoms. The fourth-order valence-corrected chi connectivity index (χ4v) is 2.67. The number of carbonyl (C=O) groups is 1. The number of hydrogen-bond acceptors (Lipinski definition) is 6. The number of ketones is 1. The van der Waals surface area contributed by atoms with Crippen molar-refractivity contribution in [3.8, 4) is 23.0 Å². The highest BCUT2D eigenvalue weighted by Crippen LogP contribution is 2.29. The van der Waals surface area contributed by atoms with E-state index >= 15 is 0 Å². The summed E-state index contributed by atoms with van der Waals surface area (Å²) in [6.07, 6.45) is 5.50. The summed E-state index contributed by atoms with van der Waals surface area (Å²) in [6.45, 7) is 0. The fraction of sp³-hybridized carbons (Fsp3) is 0.261. The Kier molecular flexibility index (Phi) is 8.30. The van der Waals surface area contributed by atoms with Gasteiger partial charge in [0.15, 0.2) is 28.8 Å². The van der Waals surface area contributed by atoms with Gasteiger partial charge in [0.05, 0.1) is 34.5 Å². The van der Waals surface area contributed by atoms with Crippen LogP contribution in [0.1, 0.15) is 17.5 Å². The van der Waals surface area contributed by atoms with Crippen LogP contribution in [0.5, 0.6) is 23.0 Å². The third-order valence-electron chi connectivity index (χ3n) is 4.20. The molecular weight excluding hydrogens is 372 g/mol. The molecule has 6 nitrogen and oxygen atoms in total. The third-order valence-corrected chi connectivity index (χ3v) is 4.20. The Morgan fingerprint density at radius 2 is 1.31 bits per heavy atom. The molecule has 0 aliphatic heterocycles. The average Bonchev–Trinajstić information content (AvgIpc) is 2.75. The van der Waals surface area contributed by atoms with Crippen molar-refractivity contribution in [3.63, 3.8) is 0 Å². The molecule has 1 N–H and O–H groups in total. The fourth-order valence-electron chi connectivity index (χ4n) is 2.67. The lowest BCUT2D eigenvalue weighted by molar-refractivity contribution is -0.115. The van der Waals surface area contributed by atoms with E-state index in [0.717, 1.165) is 11.1 Å². The summed E-state index contributed by atoms with van der Waals surface area (Å²) in [7, 11) is 6.24. The Bertz CT molecular complexity index is 885. The van der Waals surface area contributed by atoms with Gasteiger partial charge in [0.2, 0.25) is 0 Å². The van der Waals surface area contributed by atoms with E-state index in [-0.39, 0.29) is 12.2 Å². The van der Waals surface area contributed by atoms with Crippen LogP contribution in [-0.4, -0.2) is 45.4 Å². The first-order valence-electron chi connectivity index (χ1n) is 9.02. The number of aliphatic hydroxyl groups excluding tert-OH is 1. The molecule has 0 radical (unpaired) electrons. The molecule has 0 saturated heterocycles. The maximum atomic E-state index is 12.1. The summed E-state index contributed by atoms with van der Waals surface area (Å²) in [4.78, 5) is 12.1. The van der Waals surface area contributed by atoms with Crippen molar-refractivity contribution in [1.29, 1.82) is 0 Å². The Morgan fingerprint density at radius 3 is 1.79 bits per heavy atom. The second-order valence-electron chi connectivity index (χ2n) is 6.16. The third kappa shape index (κ3) is 6.40. The first-order chi connectivity index (χ1) is 14.0. The second-order valence-corrected chi connectivity index (χ2v) is 6.16. The number of ether oxygens (including phenoxy) is 4. The predicted octanol–water partition coefficient (Wildman–Crippen LogP) is 3.77. The molecule has 0 heterocycles. The van der Waals surface area contributed by atoms with Crippen molar-refractivity contribution in [2.24, 2.45) is 0 Å². The minimum atomic E-state index is -0.898. The summed E-state index contributed by atoms with van der Waals surface area (Å²) in [5, 5.41) is 10.1. The molecular formula is C23H26O6. The molecule has 0 aromatic heterocycles. The smallest absolute Gasteiger partial charge is 0.161 e. The number of benzene rings is 2. The van der Waals surface area contributed by atoms with E-state index in [2.05, 4.69) is 0 Å². The summed E-state index contributed by atoms with van der Waals surface area (Å²) in [5.74, 6) is 2.23. The Labute approximate surface area is 171 Å². The zero-order valence-corrected chi connectivity index (χ0v) is 17.0. The van der Waals surface area contributed by atoms with Gasteiger partial charge < -0.3 is 24.1 Å². The van der Waals surface area contributed by atoms with Crippen LogP contribution in [0.4, 0.5) is 0 Å². The van der Waals surface area contributed by atoms with Crippen LogP contribution in [0.2, 0.25) is 0 Å². The largest absolute Gasteiger partial charge is 0.493 e. The van der Waals surface area contributed by atoms with Gasteiger partial charge in [0.25, 0.3) is 0 Å². The molecule has 2 rings (SSSR count). The first-order valence-corrected chi connectivity index (χ1v) is 9.02. The van der Waals surface area contributed by atoms with Crippen molar-refractivity contribution >= 4 is 17.9 Å². The highest BCUT2D eigenvalue weighted by atomic mass is 16.5. The van der Waals surface area contributed by atoms with Crippen LogP contribution in [-0.2, 0) is 4.79 Å². The highest BCUT2D eigenvalue weighted by molar-refractivity contribution is 5.94. The number of allylic oxidation sites excluding steroid dienone is 1. The molecule has 0 amide bonds. The minimum Gasteiger partial charge on any atom is -0.493 e. The molecule has 0 spiro atoms. The lowest BCUT2D eigenvalue weighted by Gasteiger charge is -2.08. The van der Waals surface area contributed by atoms with Gasteiger partial charge in [-0.1, -0.05) is 30.4 Å². The van der Waals surface area contributed by atoms with Gasteiger partial charge in [-0.25, -0.2) is 0 Å². The second kappa shape index (κ2) is 10.9. The molecule has 1 atom stereocenters. The van der Waals surface area contributed by atoms with E-state index in [1.54, 1.807) is 70.9 Å². The topological polar surface area (TPSA) is 74.2 Å². The van der Waals surface area contributed by atoms with Crippen molar-refractivity contribution in [2.75, 3.05) is 28.4 Å². The van der Waals surface area contributed by atoms with E-state index in [9.17, 15) is 9.90 Å². The quantitative estimate of drug-likeness (QED) is 0.614. The Morgan fingerprint density at radius 1 is 0.828 bits per heavy atom. The normalized spacial score (nSPS) is 12.2. The number of rotatable bonds is 10. The highest BCUT2D eigenvalue weighted by Gasteiger charge is 2.07. The van der Waals surface area contributed by atoms with Gasteiger partial charge in [0.1, 0.15) is 0 Å². The molecule has 0 aliphatic rings. The van der Waals surface area contributed by atoms with Gasteiger partial charge >= 0.3 is 0 Å². The van der Waals surface area contributed by atoms with Crippen LogP contribution in [0, 0.1) is 0 Å². The predicted molar refractivity (Wildman–Crippen MR) is 113 cm³/mol. The molecule has 29 heavy (non-hydrogen) atoms. The van der Waals surface area contributed by atoms with Crippen LogP contribution in [0.25, 0.3) is 12.2 Å². The molecule has 1 unspecified atom stereocenters. The van der Waals surface area contributed by atoms with E-state index < -0.39 is 6.10 Å². The summed E-state index contributed by atoms with van der Waals surface area (Å²) < 4.78 is 20.9. The van der Waals surface area contributed by atoms with Gasteiger partial charge in [-0.15, -0.1) is 0 Å². The Balaban J connectivity index is 1.96. The zero-order chi connectivity index (χ0) is 21.2. The van der Waals surface area contributed by atoms with Gasteiger partial charge in [-0.3, -0.25) is 4.79 Å². The Hall–Kier alpha value is -3.25. The molecule has 0 fully saturated rings. The standard InChI is InChI=1S/C23H26O6/c1-26-20-11-7-16(13-22(20)28-3)5-9-18(24)15-19(25)10-6-17-8-12-21(27-2)23(14-17)29-4/h5-14,18,24H,15H2,1-4H3. The summed E-state index contributed by atoms with van der Waals surface area (Å²) >= 11 is 0. The number of aliphatic hydroxyl groups is 1. The molecule has 2 aromatic carbocycles. The first kappa shape index (κ1) is 22.0. The SMILES string of the molecule is COc1ccc(C=CC(=O)CC(O)C=Cc2ccc(OC)c(OC)c2)cc1OC. The molecule has 0 saturated carbocycles. The van der Waals surface area contributed by atoms with E-state index in [1.807, 2.05) is 12.1 Å². The van der Waals surface area contributed by atoms with Crippen LogP contribution < -0.4 is 18.9 Å². The number of hydrogen-bond donors (Lipinski definition) is 1. The average molecular weight is 398 g/mol. The van der Waals surface area contributed by atoms with Crippen molar-refractivity contribution < 1.29 is 28.8 Å². The summed E-state index contributed by atoms with van der Waals surface area (Å²) in [6, 6.07) is 10.8. The van der Waals surface area contributed by atoms with Crippen LogP contribution in [0.15, 0.2) is 48.6 Å². The monoisotopic (exact) mass is 398 g/mol. The van der Waals surface area contributed by atoms with E-state index in [0.29, 0.717) is 23.0 Å². The summed E-state index contributed by atoms with van der Waals surface area (Å²) in [5.41, 5.74) is 1.63. The molecule has 2 aromatic rings. The lowest BCUT2D eigenvalue weighted by atomic mass is 10.1. The van der Waals surface area contributed by atoms with Crippen LogP contribution in [0.3, 0.4) is 0 Å². The van der Waals surface area contributed by atoms with Crippen molar-refractivity contribution in [3.05, 3.63) is 59.7 Å². The van der Waals surface area contributed by atoms with Gasteiger partial charge in [0, 0.05) is 6.42 Å².